The molecule has 15 heavy (non-hydrogen) atoms. The summed E-state index contributed by atoms with van der Waals surface area (Å²) in [6.07, 6.45) is 1.82. The topological polar surface area (TPSA) is 20.3 Å². The smallest absolute Gasteiger partial charge is 0.190 e. The fraction of sp³-hybridized carbons (Fsp3) is 0.250. The first-order valence-electron chi connectivity index (χ1n) is 4.66. The fourth-order valence-electron chi connectivity index (χ4n) is 1.30. The van der Waals surface area contributed by atoms with E-state index in [0.29, 0.717) is 5.56 Å². The molecule has 0 aromatic heterocycles. The van der Waals surface area contributed by atoms with Crippen molar-refractivity contribution >= 4 is 21.7 Å². The highest BCUT2D eigenvalue weighted by Crippen LogP contribution is 2.14. The Morgan fingerprint density at radius 1 is 1.40 bits per heavy atom. The fourth-order valence-corrected chi connectivity index (χ4v) is 1.70. The lowest BCUT2D eigenvalue weighted by molar-refractivity contribution is 0.103. The maximum Gasteiger partial charge on any atom is 0.190 e. The van der Waals surface area contributed by atoms with Crippen LogP contribution in [-0.2, 0) is 0 Å². The number of allylic oxidation sites excluding steroid dienone is 1. The maximum absolute atomic E-state index is 11.9. The normalized spacial score (nSPS) is 11.3. The Labute approximate surface area is 98.7 Å². The highest BCUT2D eigenvalue weighted by molar-refractivity contribution is 9.10. The van der Waals surface area contributed by atoms with Gasteiger partial charge >= 0.3 is 0 Å². The first kappa shape index (κ1) is 12.0. The zero-order chi connectivity index (χ0) is 11.4. The largest absolute Gasteiger partial charge is 0.383 e. The molecule has 0 fully saturated rings. The molecule has 0 unspecified atom stereocenters. The summed E-state index contributed by atoms with van der Waals surface area (Å²) >= 11 is 3.35. The lowest BCUT2D eigenvalue weighted by Gasteiger charge is -2.07. The van der Waals surface area contributed by atoms with Crippen LogP contribution < -0.4 is 0 Å². The third-order valence-electron chi connectivity index (χ3n) is 1.90. The average Bonchev–Trinajstić information content (AvgIpc) is 2.15. The zero-order valence-corrected chi connectivity index (χ0v) is 10.7. The van der Waals surface area contributed by atoms with Crippen LogP contribution in [0.5, 0.6) is 0 Å². The van der Waals surface area contributed by atoms with Gasteiger partial charge in [0.2, 0.25) is 0 Å². The second-order valence-corrected chi connectivity index (χ2v) is 4.53. The third kappa shape index (κ3) is 3.51. The molecule has 0 bridgehead atoms. The van der Waals surface area contributed by atoms with Crippen LogP contribution in [0, 0.1) is 0 Å². The Hall–Kier alpha value is -1.09. The molecule has 0 amide bonds. The minimum atomic E-state index is 0.0602. The molecule has 0 saturated heterocycles. The number of benzene rings is 1. The van der Waals surface area contributed by atoms with E-state index in [1.54, 1.807) is 0 Å². The van der Waals surface area contributed by atoms with E-state index in [1.807, 2.05) is 56.4 Å². The van der Waals surface area contributed by atoms with Gasteiger partial charge in [0.1, 0.15) is 0 Å². The predicted molar refractivity (Wildman–Crippen MR) is 65.9 cm³/mol. The first-order valence-corrected chi connectivity index (χ1v) is 5.45. The van der Waals surface area contributed by atoms with Crippen molar-refractivity contribution < 1.29 is 4.79 Å². The van der Waals surface area contributed by atoms with Crippen molar-refractivity contribution in [2.75, 3.05) is 14.1 Å². The third-order valence-corrected chi connectivity index (χ3v) is 2.39. The molecule has 2 nitrogen and oxygen atoms in total. The summed E-state index contributed by atoms with van der Waals surface area (Å²) in [5, 5.41) is 0. The van der Waals surface area contributed by atoms with Gasteiger partial charge in [-0.05, 0) is 19.1 Å². The minimum Gasteiger partial charge on any atom is -0.383 e. The molecule has 3 heteroatoms. The van der Waals surface area contributed by atoms with Crippen LogP contribution in [-0.4, -0.2) is 24.8 Å². The number of rotatable bonds is 3. The minimum absolute atomic E-state index is 0.0602. The van der Waals surface area contributed by atoms with Crippen LogP contribution in [0.3, 0.4) is 0 Å². The molecule has 0 aliphatic heterocycles. The van der Waals surface area contributed by atoms with Gasteiger partial charge < -0.3 is 4.90 Å². The quantitative estimate of drug-likeness (QED) is 0.620. The van der Waals surface area contributed by atoms with Gasteiger partial charge in [-0.2, -0.15) is 0 Å². The lowest BCUT2D eigenvalue weighted by Crippen LogP contribution is -2.07. The Bertz CT molecular complexity index is 396. The number of hydrogen-bond donors (Lipinski definition) is 0. The molecular formula is C12H14BrNO. The molecule has 0 atom stereocenters. The molecule has 0 spiro atoms. The molecule has 0 radical (unpaired) electrons. The number of nitrogens with zero attached hydrogens (tertiary/aromatic N) is 1. The number of Topliss-reactive ketones (excluding diaryl/α,β-unsaturated/α-hetero) is 1. The molecule has 80 valence electrons. The molecular weight excluding hydrogens is 254 g/mol. The number of ketones is 1. The van der Waals surface area contributed by atoms with Gasteiger partial charge in [0.05, 0.1) is 0 Å². The van der Waals surface area contributed by atoms with Crippen LogP contribution in [0.25, 0.3) is 0 Å². The summed E-state index contributed by atoms with van der Waals surface area (Å²) in [5.74, 6) is 0.0602. The van der Waals surface area contributed by atoms with Crippen molar-refractivity contribution in [2.45, 2.75) is 6.92 Å². The van der Waals surface area contributed by atoms with Crippen LogP contribution in [0.1, 0.15) is 17.3 Å². The molecule has 1 rings (SSSR count). The highest BCUT2D eigenvalue weighted by Gasteiger charge is 2.08. The Morgan fingerprint density at radius 2 is 2.07 bits per heavy atom. The summed E-state index contributed by atoms with van der Waals surface area (Å²) in [5.41, 5.74) is 1.44. The van der Waals surface area contributed by atoms with Crippen LogP contribution >= 0.6 is 15.9 Å². The van der Waals surface area contributed by atoms with Crippen molar-refractivity contribution in [1.82, 2.24) is 4.90 Å². The Kier molecular flexibility index (Phi) is 4.09. The second-order valence-electron chi connectivity index (χ2n) is 3.62. The van der Waals surface area contributed by atoms with Crippen molar-refractivity contribution in [3.63, 3.8) is 0 Å². The van der Waals surface area contributed by atoms with Crippen LogP contribution in [0.2, 0.25) is 0 Å². The SMILES string of the molecule is C/C(=C\N(C)C)C(=O)c1cccc(Br)c1. The van der Waals surface area contributed by atoms with Crippen molar-refractivity contribution in [3.8, 4) is 0 Å². The van der Waals surface area contributed by atoms with E-state index in [4.69, 9.17) is 0 Å². The van der Waals surface area contributed by atoms with Gasteiger partial charge in [-0.1, -0.05) is 28.1 Å². The number of hydrogen-bond acceptors (Lipinski definition) is 2. The van der Waals surface area contributed by atoms with Gasteiger partial charge in [-0.3, -0.25) is 4.79 Å². The number of halogens is 1. The van der Waals surface area contributed by atoms with Gasteiger partial charge in [0.15, 0.2) is 5.78 Å². The summed E-state index contributed by atoms with van der Waals surface area (Å²) < 4.78 is 0.922. The molecule has 0 aliphatic rings. The Balaban J connectivity index is 2.95. The number of carbonyl (C=O) groups excluding carboxylic acids is 1. The van der Waals surface area contributed by atoms with E-state index < -0.39 is 0 Å². The summed E-state index contributed by atoms with van der Waals surface area (Å²) in [6.45, 7) is 1.82. The summed E-state index contributed by atoms with van der Waals surface area (Å²) in [4.78, 5) is 13.8. The van der Waals surface area contributed by atoms with Gasteiger partial charge in [0, 0.05) is 35.9 Å². The van der Waals surface area contributed by atoms with Crippen molar-refractivity contribution in [3.05, 3.63) is 46.1 Å². The summed E-state index contributed by atoms with van der Waals surface area (Å²) in [7, 11) is 3.80. The van der Waals surface area contributed by atoms with Crippen LogP contribution in [0.4, 0.5) is 0 Å². The molecule has 0 N–H and O–H groups in total. The lowest BCUT2D eigenvalue weighted by atomic mass is 10.1. The van der Waals surface area contributed by atoms with Crippen LogP contribution in [0.15, 0.2) is 40.5 Å². The van der Waals surface area contributed by atoms with E-state index >= 15 is 0 Å². The molecule has 0 heterocycles. The van der Waals surface area contributed by atoms with Gasteiger partial charge in [-0.15, -0.1) is 0 Å². The van der Waals surface area contributed by atoms with Gasteiger partial charge in [0.25, 0.3) is 0 Å². The molecule has 1 aromatic carbocycles. The second kappa shape index (κ2) is 5.12. The van der Waals surface area contributed by atoms with E-state index in [-0.39, 0.29) is 5.78 Å². The first-order chi connectivity index (χ1) is 7.00. The molecule has 1 aromatic rings. The standard InChI is InChI=1S/C12H14BrNO/c1-9(8-14(2)3)12(15)10-5-4-6-11(13)7-10/h4-8H,1-3H3/b9-8+. The Morgan fingerprint density at radius 3 is 2.60 bits per heavy atom. The van der Waals surface area contributed by atoms with Crippen molar-refractivity contribution in [1.29, 1.82) is 0 Å². The molecule has 0 aliphatic carbocycles. The predicted octanol–water partition coefficient (Wildman–Crippen LogP) is 3.10. The molecule has 0 saturated carbocycles. The van der Waals surface area contributed by atoms with Crippen molar-refractivity contribution in [2.24, 2.45) is 0 Å². The van der Waals surface area contributed by atoms with E-state index in [2.05, 4.69) is 15.9 Å². The summed E-state index contributed by atoms with van der Waals surface area (Å²) in [6, 6.07) is 7.41. The average molecular weight is 268 g/mol. The van der Waals surface area contributed by atoms with E-state index in [9.17, 15) is 4.79 Å². The zero-order valence-electron chi connectivity index (χ0n) is 9.12. The maximum atomic E-state index is 11.9. The van der Waals surface area contributed by atoms with Gasteiger partial charge in [-0.25, -0.2) is 0 Å². The number of carbonyl (C=O) groups is 1. The van der Waals surface area contributed by atoms with E-state index in [0.717, 1.165) is 10.0 Å². The highest BCUT2D eigenvalue weighted by atomic mass is 79.9. The monoisotopic (exact) mass is 267 g/mol. The van der Waals surface area contributed by atoms with E-state index in [1.165, 1.54) is 0 Å².